The molecule has 1 aliphatic heterocycles. The third kappa shape index (κ3) is 3.87. The maximum atomic E-state index is 6.06. The fourth-order valence-electron chi connectivity index (χ4n) is 3.24. The second kappa shape index (κ2) is 7.96. The van der Waals surface area contributed by atoms with Gasteiger partial charge in [0.1, 0.15) is 0 Å². The molecule has 9 nitrogen and oxygen atoms in total. The SMILES string of the molecule is Nc1nc(NCCc2ccc(NC3COC3)cc2)nc2nc(-c3ccccc3)nn12. The molecule has 0 radical (unpaired) electrons. The van der Waals surface area contributed by atoms with Crippen LogP contribution in [0.5, 0.6) is 0 Å². The monoisotopic (exact) mass is 402 g/mol. The van der Waals surface area contributed by atoms with E-state index in [-0.39, 0.29) is 5.95 Å². The lowest BCUT2D eigenvalue weighted by atomic mass is 10.1. The standard InChI is InChI=1S/C21H22N8O/c22-19-26-20(27-21-25-18(28-29(19)21)15-4-2-1-3-5-15)23-11-10-14-6-8-16(9-7-14)24-17-12-30-13-17/h1-9,17,24H,10-13H2,(H3,22,23,25,26,27,28). The van der Waals surface area contributed by atoms with Crippen LogP contribution in [0.15, 0.2) is 54.6 Å². The molecule has 0 aliphatic carbocycles. The van der Waals surface area contributed by atoms with Gasteiger partial charge >= 0.3 is 0 Å². The third-order valence-corrected chi connectivity index (χ3v) is 4.92. The molecule has 0 bridgehead atoms. The van der Waals surface area contributed by atoms with Crippen LogP contribution in [-0.4, -0.2) is 50.4 Å². The zero-order valence-corrected chi connectivity index (χ0v) is 16.3. The first-order chi connectivity index (χ1) is 14.7. The van der Waals surface area contributed by atoms with Crippen molar-refractivity contribution in [1.29, 1.82) is 0 Å². The molecule has 9 heteroatoms. The molecule has 2 aromatic carbocycles. The second-order valence-electron chi connectivity index (χ2n) is 7.17. The van der Waals surface area contributed by atoms with Crippen molar-refractivity contribution in [2.75, 3.05) is 36.1 Å². The maximum absolute atomic E-state index is 6.06. The molecule has 0 saturated carbocycles. The van der Waals surface area contributed by atoms with Crippen molar-refractivity contribution in [1.82, 2.24) is 24.6 Å². The minimum absolute atomic E-state index is 0.243. The van der Waals surface area contributed by atoms with E-state index in [0.717, 1.165) is 30.9 Å². The summed E-state index contributed by atoms with van der Waals surface area (Å²) < 4.78 is 6.63. The van der Waals surface area contributed by atoms with Crippen molar-refractivity contribution >= 4 is 23.4 Å². The average Bonchev–Trinajstić information content (AvgIpc) is 3.17. The number of ether oxygens (including phenoxy) is 1. The van der Waals surface area contributed by atoms with E-state index in [4.69, 9.17) is 10.5 Å². The molecule has 4 N–H and O–H groups in total. The maximum Gasteiger partial charge on any atom is 0.259 e. The van der Waals surface area contributed by atoms with Crippen LogP contribution >= 0.6 is 0 Å². The van der Waals surface area contributed by atoms with E-state index in [9.17, 15) is 0 Å². The van der Waals surface area contributed by atoms with Crippen molar-refractivity contribution in [2.45, 2.75) is 12.5 Å². The lowest BCUT2D eigenvalue weighted by Gasteiger charge is -2.27. The summed E-state index contributed by atoms with van der Waals surface area (Å²) in [4.78, 5) is 13.2. The number of nitrogens with zero attached hydrogens (tertiary/aromatic N) is 5. The lowest BCUT2D eigenvalue weighted by molar-refractivity contribution is 0.0211. The quantitative estimate of drug-likeness (QED) is 0.431. The molecule has 5 rings (SSSR count). The van der Waals surface area contributed by atoms with Crippen molar-refractivity contribution in [2.24, 2.45) is 0 Å². The lowest BCUT2D eigenvalue weighted by Crippen LogP contribution is -2.40. The van der Waals surface area contributed by atoms with Crippen molar-refractivity contribution in [3.8, 4) is 11.4 Å². The number of fused-ring (bicyclic) bond motifs is 1. The molecule has 1 saturated heterocycles. The zero-order valence-electron chi connectivity index (χ0n) is 16.3. The minimum atomic E-state index is 0.243. The van der Waals surface area contributed by atoms with Crippen molar-refractivity contribution in [3.05, 3.63) is 60.2 Å². The van der Waals surface area contributed by atoms with E-state index in [0.29, 0.717) is 30.1 Å². The Morgan fingerprint density at radius 2 is 1.80 bits per heavy atom. The average molecular weight is 402 g/mol. The fraction of sp³-hybridized carbons (Fsp3) is 0.238. The Kier molecular flexibility index (Phi) is 4.86. The number of hydrogen-bond donors (Lipinski definition) is 3. The first kappa shape index (κ1) is 18.3. The molecular formula is C21H22N8O. The molecular weight excluding hydrogens is 380 g/mol. The summed E-state index contributed by atoms with van der Waals surface area (Å²) in [6.45, 7) is 2.23. The van der Waals surface area contributed by atoms with Crippen LogP contribution in [0, 0.1) is 0 Å². The Morgan fingerprint density at radius 3 is 2.53 bits per heavy atom. The van der Waals surface area contributed by atoms with Crippen molar-refractivity contribution < 1.29 is 4.74 Å². The summed E-state index contributed by atoms with van der Waals surface area (Å²) in [5, 5.41) is 11.1. The van der Waals surface area contributed by atoms with Gasteiger partial charge in [-0.05, 0) is 24.1 Å². The Bertz CT molecular complexity index is 1140. The van der Waals surface area contributed by atoms with Gasteiger partial charge < -0.3 is 21.1 Å². The summed E-state index contributed by atoms with van der Waals surface area (Å²) in [6, 6.07) is 18.6. The van der Waals surface area contributed by atoms with Crippen LogP contribution in [-0.2, 0) is 11.2 Å². The van der Waals surface area contributed by atoms with Crippen LogP contribution in [0.25, 0.3) is 17.2 Å². The summed E-state index contributed by atoms with van der Waals surface area (Å²) in [7, 11) is 0. The highest BCUT2D eigenvalue weighted by Gasteiger charge is 2.17. The number of hydrogen-bond acceptors (Lipinski definition) is 8. The molecule has 0 amide bonds. The zero-order chi connectivity index (χ0) is 20.3. The van der Waals surface area contributed by atoms with E-state index >= 15 is 0 Å². The predicted molar refractivity (Wildman–Crippen MR) is 115 cm³/mol. The minimum Gasteiger partial charge on any atom is -0.378 e. The Morgan fingerprint density at radius 1 is 1.00 bits per heavy atom. The van der Waals surface area contributed by atoms with Gasteiger partial charge in [-0.3, -0.25) is 0 Å². The van der Waals surface area contributed by atoms with Gasteiger partial charge in [0.05, 0.1) is 19.3 Å². The molecule has 30 heavy (non-hydrogen) atoms. The number of nitrogen functional groups attached to an aromatic ring is 1. The molecule has 0 unspecified atom stereocenters. The number of nitrogens with two attached hydrogens (primary N) is 1. The largest absolute Gasteiger partial charge is 0.378 e. The van der Waals surface area contributed by atoms with E-state index in [2.05, 4.69) is 54.9 Å². The van der Waals surface area contributed by atoms with E-state index < -0.39 is 0 Å². The van der Waals surface area contributed by atoms with Crippen LogP contribution in [0.1, 0.15) is 5.56 Å². The number of nitrogens with one attached hydrogen (secondary N) is 2. The molecule has 1 aliphatic rings. The summed E-state index contributed by atoms with van der Waals surface area (Å²) in [6.07, 6.45) is 0.837. The van der Waals surface area contributed by atoms with E-state index in [1.54, 1.807) is 0 Å². The van der Waals surface area contributed by atoms with Gasteiger partial charge in [0.15, 0.2) is 5.82 Å². The topological polar surface area (TPSA) is 115 Å². The Hall–Kier alpha value is -3.72. The molecule has 2 aromatic heterocycles. The Balaban J connectivity index is 1.23. The summed E-state index contributed by atoms with van der Waals surface area (Å²) in [5.41, 5.74) is 9.30. The molecule has 3 heterocycles. The van der Waals surface area contributed by atoms with Crippen molar-refractivity contribution in [3.63, 3.8) is 0 Å². The van der Waals surface area contributed by atoms with Crippen LogP contribution < -0.4 is 16.4 Å². The number of aromatic nitrogens is 5. The number of rotatable bonds is 7. The smallest absolute Gasteiger partial charge is 0.259 e. The third-order valence-electron chi connectivity index (χ3n) is 4.92. The van der Waals surface area contributed by atoms with Gasteiger partial charge in [0.2, 0.25) is 11.9 Å². The van der Waals surface area contributed by atoms with Crippen LogP contribution in [0.4, 0.5) is 17.6 Å². The Labute approximate surface area is 173 Å². The fourth-order valence-corrected chi connectivity index (χ4v) is 3.24. The van der Waals surface area contributed by atoms with Crippen LogP contribution in [0.3, 0.4) is 0 Å². The van der Waals surface area contributed by atoms with E-state index in [1.165, 1.54) is 10.1 Å². The number of anilines is 3. The molecule has 152 valence electrons. The molecule has 4 aromatic rings. The molecule has 0 spiro atoms. The first-order valence-corrected chi connectivity index (χ1v) is 9.87. The molecule has 1 fully saturated rings. The first-order valence-electron chi connectivity index (χ1n) is 9.87. The van der Waals surface area contributed by atoms with Gasteiger partial charge in [-0.15, -0.1) is 5.10 Å². The van der Waals surface area contributed by atoms with Gasteiger partial charge in [-0.25, -0.2) is 0 Å². The normalized spacial score (nSPS) is 13.9. The van der Waals surface area contributed by atoms with Gasteiger partial charge in [-0.1, -0.05) is 42.5 Å². The van der Waals surface area contributed by atoms with Crippen LogP contribution in [0.2, 0.25) is 0 Å². The highest BCUT2D eigenvalue weighted by atomic mass is 16.5. The summed E-state index contributed by atoms with van der Waals surface area (Å²) >= 11 is 0. The van der Waals surface area contributed by atoms with Gasteiger partial charge in [-0.2, -0.15) is 19.5 Å². The summed E-state index contributed by atoms with van der Waals surface area (Å²) in [5.74, 6) is 1.66. The van der Waals surface area contributed by atoms with Gasteiger partial charge in [0, 0.05) is 17.8 Å². The van der Waals surface area contributed by atoms with E-state index in [1.807, 2.05) is 30.3 Å². The van der Waals surface area contributed by atoms with Gasteiger partial charge in [0.25, 0.3) is 5.78 Å². The highest BCUT2D eigenvalue weighted by molar-refractivity contribution is 5.58. The number of benzene rings is 2. The molecule has 0 atom stereocenters. The highest BCUT2D eigenvalue weighted by Crippen LogP contribution is 2.17. The second-order valence-corrected chi connectivity index (χ2v) is 7.17. The predicted octanol–water partition coefficient (Wildman–Crippen LogP) is 2.23.